The van der Waals surface area contributed by atoms with Gasteiger partial charge in [0.15, 0.2) is 0 Å². The van der Waals surface area contributed by atoms with Crippen LogP contribution in [-0.2, 0) is 14.3 Å². The molecule has 0 bridgehead atoms. The summed E-state index contributed by atoms with van der Waals surface area (Å²) in [7, 11) is 0. The quantitative estimate of drug-likeness (QED) is 0.217. The van der Waals surface area contributed by atoms with Crippen LogP contribution in [0.5, 0.6) is 0 Å². The predicted octanol–water partition coefficient (Wildman–Crippen LogP) is 4.00. The number of carboxylic acids is 1. The van der Waals surface area contributed by atoms with Crippen LogP contribution in [0.15, 0.2) is 46.8 Å². The Morgan fingerprint density at radius 2 is 1.88 bits per heavy atom. The first-order chi connectivity index (χ1) is 15.3. The lowest BCUT2D eigenvalue weighted by Gasteiger charge is -2.29. The van der Waals surface area contributed by atoms with Gasteiger partial charge >= 0.3 is 11.9 Å². The van der Waals surface area contributed by atoms with E-state index in [0.717, 1.165) is 6.42 Å². The SMILES string of the molecule is CC1=C(C(=O)O)C(c2cccc([N+](=O)[O-])c2)C(C(=O)OCCCC(N)CC(C)(C)C)=C(C)N1. The smallest absolute Gasteiger partial charge is 0.336 e. The van der Waals surface area contributed by atoms with E-state index in [1.54, 1.807) is 19.9 Å². The van der Waals surface area contributed by atoms with Gasteiger partial charge in [-0.2, -0.15) is 0 Å². The van der Waals surface area contributed by atoms with Crippen molar-refractivity contribution in [1.29, 1.82) is 0 Å². The summed E-state index contributed by atoms with van der Waals surface area (Å²) in [5, 5.41) is 24.1. The second-order valence-corrected chi connectivity index (χ2v) is 9.60. The van der Waals surface area contributed by atoms with Crippen LogP contribution in [0.2, 0.25) is 0 Å². The van der Waals surface area contributed by atoms with Gasteiger partial charge < -0.3 is 20.9 Å². The Bertz CT molecular complexity index is 990. The molecule has 2 unspecified atom stereocenters. The molecule has 1 aliphatic heterocycles. The minimum atomic E-state index is -1.22. The molecule has 0 aromatic heterocycles. The minimum absolute atomic E-state index is 0.0113. The van der Waals surface area contributed by atoms with E-state index in [2.05, 4.69) is 26.1 Å². The highest BCUT2D eigenvalue weighted by Crippen LogP contribution is 2.39. The number of dihydropyridines is 1. The number of rotatable bonds is 9. The van der Waals surface area contributed by atoms with E-state index >= 15 is 0 Å². The van der Waals surface area contributed by atoms with Crippen LogP contribution in [0.4, 0.5) is 5.69 Å². The van der Waals surface area contributed by atoms with E-state index in [1.807, 2.05) is 0 Å². The van der Waals surface area contributed by atoms with Gasteiger partial charge in [-0.3, -0.25) is 10.1 Å². The van der Waals surface area contributed by atoms with Crippen molar-refractivity contribution in [1.82, 2.24) is 5.32 Å². The first-order valence-electron chi connectivity index (χ1n) is 10.9. The zero-order valence-corrected chi connectivity index (χ0v) is 19.8. The van der Waals surface area contributed by atoms with Crippen LogP contribution in [0.3, 0.4) is 0 Å². The van der Waals surface area contributed by atoms with Crippen molar-refractivity contribution in [2.75, 3.05) is 6.61 Å². The molecule has 0 radical (unpaired) electrons. The van der Waals surface area contributed by atoms with Crippen molar-refractivity contribution in [3.05, 3.63) is 62.5 Å². The molecule has 0 spiro atoms. The number of aliphatic carboxylic acids is 1. The second kappa shape index (κ2) is 10.6. The third-order valence-corrected chi connectivity index (χ3v) is 5.45. The highest BCUT2D eigenvalue weighted by molar-refractivity contribution is 5.99. The number of hydrogen-bond donors (Lipinski definition) is 3. The number of nitro groups is 1. The third kappa shape index (κ3) is 6.89. The molecule has 2 atom stereocenters. The van der Waals surface area contributed by atoms with Gasteiger partial charge in [0.05, 0.1) is 28.6 Å². The molecule has 0 amide bonds. The lowest BCUT2D eigenvalue weighted by Crippen LogP contribution is -2.32. The Labute approximate surface area is 193 Å². The number of carboxylic acid groups (broad SMARTS) is 1. The number of nitro benzene ring substituents is 1. The monoisotopic (exact) mass is 459 g/mol. The number of nitrogens with one attached hydrogen (secondary N) is 1. The Balaban J connectivity index is 2.26. The molecular formula is C24H33N3O6. The average Bonchev–Trinajstić information content (AvgIpc) is 2.68. The van der Waals surface area contributed by atoms with E-state index in [4.69, 9.17) is 10.5 Å². The molecule has 1 heterocycles. The summed E-state index contributed by atoms with van der Waals surface area (Å²) in [6.07, 6.45) is 2.11. The number of nitrogens with zero attached hydrogens (tertiary/aromatic N) is 1. The molecule has 180 valence electrons. The van der Waals surface area contributed by atoms with Gasteiger partial charge in [0, 0.05) is 29.6 Å². The minimum Gasteiger partial charge on any atom is -0.478 e. The van der Waals surface area contributed by atoms with Gasteiger partial charge in [0.2, 0.25) is 0 Å². The van der Waals surface area contributed by atoms with Crippen LogP contribution in [0, 0.1) is 15.5 Å². The first-order valence-corrected chi connectivity index (χ1v) is 10.9. The Kier molecular flexibility index (Phi) is 8.38. The van der Waals surface area contributed by atoms with Crippen molar-refractivity contribution in [2.24, 2.45) is 11.1 Å². The van der Waals surface area contributed by atoms with E-state index in [0.29, 0.717) is 29.8 Å². The number of hydrogen-bond acceptors (Lipinski definition) is 7. The molecule has 2 rings (SSSR count). The Morgan fingerprint density at radius 3 is 2.45 bits per heavy atom. The maximum absolute atomic E-state index is 13.1. The molecule has 1 aromatic rings. The van der Waals surface area contributed by atoms with Gasteiger partial charge in [0.25, 0.3) is 5.69 Å². The number of benzene rings is 1. The van der Waals surface area contributed by atoms with E-state index in [9.17, 15) is 24.8 Å². The second-order valence-electron chi connectivity index (χ2n) is 9.60. The summed E-state index contributed by atoms with van der Waals surface area (Å²) in [5.41, 5.74) is 7.29. The lowest BCUT2D eigenvalue weighted by atomic mass is 9.80. The molecule has 0 fully saturated rings. The summed E-state index contributed by atoms with van der Waals surface area (Å²) in [4.78, 5) is 35.8. The van der Waals surface area contributed by atoms with Gasteiger partial charge in [-0.1, -0.05) is 32.9 Å². The van der Waals surface area contributed by atoms with Crippen LogP contribution in [0.1, 0.15) is 65.4 Å². The molecule has 1 aliphatic rings. The number of ether oxygens (including phenoxy) is 1. The largest absolute Gasteiger partial charge is 0.478 e. The fourth-order valence-corrected chi connectivity index (χ4v) is 4.18. The van der Waals surface area contributed by atoms with Crippen molar-refractivity contribution in [2.45, 2.75) is 65.8 Å². The third-order valence-electron chi connectivity index (χ3n) is 5.45. The number of allylic oxidation sites excluding steroid dienone is 2. The van der Waals surface area contributed by atoms with Crippen LogP contribution in [0.25, 0.3) is 0 Å². The van der Waals surface area contributed by atoms with Gasteiger partial charge in [-0.25, -0.2) is 9.59 Å². The predicted molar refractivity (Wildman–Crippen MR) is 124 cm³/mol. The van der Waals surface area contributed by atoms with Gasteiger partial charge in [-0.15, -0.1) is 0 Å². The van der Waals surface area contributed by atoms with E-state index in [-0.39, 0.29) is 34.9 Å². The number of carbonyl (C=O) groups excluding carboxylic acids is 1. The number of esters is 1. The van der Waals surface area contributed by atoms with Crippen LogP contribution >= 0.6 is 0 Å². The molecule has 9 nitrogen and oxygen atoms in total. The summed E-state index contributed by atoms with van der Waals surface area (Å²) in [6.45, 7) is 9.73. The Hall–Kier alpha value is -3.20. The lowest BCUT2D eigenvalue weighted by molar-refractivity contribution is -0.384. The van der Waals surface area contributed by atoms with Gasteiger partial charge in [0.1, 0.15) is 0 Å². The molecular weight excluding hydrogens is 426 g/mol. The van der Waals surface area contributed by atoms with Crippen molar-refractivity contribution in [3.8, 4) is 0 Å². The molecule has 4 N–H and O–H groups in total. The first kappa shape index (κ1) is 26.1. The molecule has 0 saturated carbocycles. The highest BCUT2D eigenvalue weighted by Gasteiger charge is 2.37. The van der Waals surface area contributed by atoms with Crippen LogP contribution in [-0.4, -0.2) is 34.6 Å². The zero-order valence-electron chi connectivity index (χ0n) is 19.8. The summed E-state index contributed by atoms with van der Waals surface area (Å²) >= 11 is 0. The number of non-ortho nitro benzene ring substituents is 1. The van der Waals surface area contributed by atoms with Crippen molar-refractivity contribution < 1.29 is 24.4 Å². The molecule has 0 saturated heterocycles. The topological polar surface area (TPSA) is 145 Å². The fourth-order valence-electron chi connectivity index (χ4n) is 4.18. The molecule has 1 aromatic carbocycles. The molecule has 0 aliphatic carbocycles. The summed E-state index contributed by atoms with van der Waals surface area (Å²) in [5.74, 6) is -2.88. The zero-order chi connectivity index (χ0) is 24.9. The molecule has 33 heavy (non-hydrogen) atoms. The maximum Gasteiger partial charge on any atom is 0.336 e. The standard InChI is InChI=1S/C24H33N3O6/c1-14-19(22(28)29)21(16-8-6-10-18(12-16)27(31)32)20(15(2)26-14)23(30)33-11-7-9-17(25)13-24(3,4)5/h6,8,10,12,17,21,26H,7,9,11,13,25H2,1-5H3,(H,28,29). The highest BCUT2D eigenvalue weighted by atomic mass is 16.6. The number of nitrogens with two attached hydrogens (primary N) is 1. The number of carbonyl (C=O) groups is 2. The van der Waals surface area contributed by atoms with Crippen molar-refractivity contribution in [3.63, 3.8) is 0 Å². The van der Waals surface area contributed by atoms with Crippen molar-refractivity contribution >= 4 is 17.6 Å². The molecule has 9 heteroatoms. The summed E-state index contributed by atoms with van der Waals surface area (Å²) < 4.78 is 5.48. The van der Waals surface area contributed by atoms with Gasteiger partial charge in [-0.05, 0) is 44.1 Å². The average molecular weight is 460 g/mol. The van der Waals surface area contributed by atoms with E-state index in [1.165, 1.54) is 18.2 Å². The Morgan fingerprint density at radius 1 is 1.24 bits per heavy atom. The summed E-state index contributed by atoms with van der Waals surface area (Å²) in [6, 6.07) is 5.64. The van der Waals surface area contributed by atoms with Crippen LogP contribution < -0.4 is 11.1 Å². The normalized spacial score (nSPS) is 17.5. The maximum atomic E-state index is 13.1. The fraction of sp³-hybridized carbons (Fsp3) is 0.500. The van der Waals surface area contributed by atoms with E-state index < -0.39 is 22.8 Å².